The number of aliphatic imine (C=N–C) groups is 1. The molecule has 1 aromatic heterocycles. The zero-order valence-corrected chi connectivity index (χ0v) is 18.8. The lowest BCUT2D eigenvalue weighted by Gasteiger charge is -2.21. The third kappa shape index (κ3) is 6.41. The minimum Gasteiger partial charge on any atom is -0.486 e. The van der Waals surface area contributed by atoms with Crippen LogP contribution in [-0.2, 0) is 4.74 Å². The van der Waals surface area contributed by atoms with Crippen LogP contribution < -0.4 is 15.4 Å². The Morgan fingerprint density at radius 3 is 2.70 bits per heavy atom. The molecule has 9 heteroatoms. The molecule has 2 aromatic rings. The number of hydrogen-bond donors (Lipinski definition) is 2. The van der Waals surface area contributed by atoms with Gasteiger partial charge in [-0.1, -0.05) is 19.1 Å². The Labute approximate surface area is 180 Å². The van der Waals surface area contributed by atoms with Gasteiger partial charge in [-0.3, -0.25) is 4.99 Å². The van der Waals surface area contributed by atoms with E-state index in [9.17, 15) is 9.18 Å². The van der Waals surface area contributed by atoms with Crippen molar-refractivity contribution >= 4 is 23.3 Å². The Balaban J connectivity index is 1.95. The molecule has 0 fully saturated rings. The van der Waals surface area contributed by atoms with Crippen LogP contribution >= 0.6 is 11.3 Å². The summed E-state index contributed by atoms with van der Waals surface area (Å²) in [6.07, 6.45) is 0.468. The molecule has 2 rings (SSSR count). The molecule has 1 aromatic carbocycles. The summed E-state index contributed by atoms with van der Waals surface area (Å²) < 4.78 is 24.7. The van der Waals surface area contributed by atoms with Crippen LogP contribution in [0.15, 0.2) is 29.3 Å². The van der Waals surface area contributed by atoms with Crippen molar-refractivity contribution in [2.24, 2.45) is 4.99 Å². The molecule has 0 aliphatic rings. The standard InChI is InChI=1S/C21H29FN4O3S/c1-6-15(29-17-11-9-8-10-16(17)22)12-24-21(23-5)26-14(4)19-25-13(3)18(30-19)20(27)28-7-2/h8-11,14-15H,6-7,12H2,1-5H3,(H2,23,24,26). The number of guanidine groups is 1. The smallest absolute Gasteiger partial charge is 0.350 e. The van der Waals surface area contributed by atoms with Crippen molar-refractivity contribution in [3.63, 3.8) is 0 Å². The summed E-state index contributed by atoms with van der Waals surface area (Å²) in [6, 6.07) is 6.18. The van der Waals surface area contributed by atoms with E-state index >= 15 is 0 Å². The zero-order chi connectivity index (χ0) is 22.1. The maximum Gasteiger partial charge on any atom is 0.350 e. The zero-order valence-electron chi connectivity index (χ0n) is 18.0. The van der Waals surface area contributed by atoms with Gasteiger partial charge < -0.3 is 20.1 Å². The SMILES string of the molecule is CCOC(=O)c1sc(C(C)NC(=NC)NCC(CC)Oc2ccccc2F)nc1C. The molecule has 2 unspecified atom stereocenters. The van der Waals surface area contributed by atoms with Crippen LogP contribution in [0, 0.1) is 12.7 Å². The Morgan fingerprint density at radius 2 is 2.07 bits per heavy atom. The number of nitrogens with one attached hydrogen (secondary N) is 2. The third-order valence-electron chi connectivity index (χ3n) is 4.30. The van der Waals surface area contributed by atoms with Crippen LogP contribution in [0.3, 0.4) is 0 Å². The van der Waals surface area contributed by atoms with Gasteiger partial charge in [0.05, 0.1) is 24.9 Å². The number of carbonyl (C=O) groups excluding carboxylic acids is 1. The monoisotopic (exact) mass is 436 g/mol. The van der Waals surface area contributed by atoms with Crippen molar-refractivity contribution in [1.29, 1.82) is 0 Å². The molecule has 1 heterocycles. The van der Waals surface area contributed by atoms with Gasteiger partial charge in [0.15, 0.2) is 17.5 Å². The van der Waals surface area contributed by atoms with Crippen LogP contribution in [0.25, 0.3) is 0 Å². The first-order valence-corrected chi connectivity index (χ1v) is 10.7. The van der Waals surface area contributed by atoms with Gasteiger partial charge in [0, 0.05) is 7.05 Å². The molecule has 164 valence electrons. The molecule has 0 aliphatic carbocycles. The van der Waals surface area contributed by atoms with E-state index in [1.54, 1.807) is 39.1 Å². The van der Waals surface area contributed by atoms with Gasteiger partial charge in [-0.2, -0.15) is 0 Å². The molecule has 2 N–H and O–H groups in total. The Morgan fingerprint density at radius 1 is 1.33 bits per heavy atom. The molecule has 0 aliphatic heterocycles. The number of rotatable bonds is 9. The molecule has 0 radical (unpaired) electrons. The maximum atomic E-state index is 13.8. The van der Waals surface area contributed by atoms with E-state index in [2.05, 4.69) is 20.6 Å². The van der Waals surface area contributed by atoms with Gasteiger partial charge in [-0.05, 0) is 39.3 Å². The highest BCUT2D eigenvalue weighted by atomic mass is 32.1. The number of para-hydroxylation sites is 1. The van der Waals surface area contributed by atoms with E-state index < -0.39 is 0 Å². The number of hydrogen-bond acceptors (Lipinski definition) is 6. The lowest BCUT2D eigenvalue weighted by molar-refractivity contribution is 0.0531. The Bertz CT molecular complexity index is 872. The second-order valence-electron chi connectivity index (χ2n) is 6.58. The highest BCUT2D eigenvalue weighted by molar-refractivity contribution is 7.13. The molecular formula is C21H29FN4O3S. The van der Waals surface area contributed by atoms with Crippen molar-refractivity contribution < 1.29 is 18.7 Å². The normalized spacial score (nSPS) is 13.5. The van der Waals surface area contributed by atoms with Crippen molar-refractivity contribution in [3.05, 3.63) is 45.7 Å². The summed E-state index contributed by atoms with van der Waals surface area (Å²) in [4.78, 5) is 21.2. The van der Waals surface area contributed by atoms with Crippen molar-refractivity contribution in [1.82, 2.24) is 15.6 Å². The summed E-state index contributed by atoms with van der Waals surface area (Å²) in [6.45, 7) is 8.24. The van der Waals surface area contributed by atoms with E-state index in [0.29, 0.717) is 36.1 Å². The first kappa shape index (κ1) is 23.6. The molecular weight excluding hydrogens is 407 g/mol. The second kappa shape index (κ2) is 11.5. The molecule has 0 amide bonds. The van der Waals surface area contributed by atoms with Gasteiger partial charge in [0.2, 0.25) is 0 Å². The number of aromatic nitrogens is 1. The van der Waals surface area contributed by atoms with Crippen molar-refractivity contribution in [3.8, 4) is 5.75 Å². The minimum atomic E-state index is -0.386. The number of halogens is 1. The summed E-state index contributed by atoms with van der Waals surface area (Å²) in [5, 5.41) is 7.21. The lowest BCUT2D eigenvalue weighted by atomic mass is 10.2. The number of esters is 1. The van der Waals surface area contributed by atoms with Crippen LogP contribution in [0.2, 0.25) is 0 Å². The van der Waals surface area contributed by atoms with Crippen molar-refractivity contribution in [2.45, 2.75) is 46.3 Å². The first-order valence-electron chi connectivity index (χ1n) is 9.92. The van der Waals surface area contributed by atoms with E-state index in [4.69, 9.17) is 9.47 Å². The van der Waals surface area contributed by atoms with E-state index in [1.165, 1.54) is 17.4 Å². The largest absolute Gasteiger partial charge is 0.486 e. The highest BCUT2D eigenvalue weighted by Gasteiger charge is 2.20. The van der Waals surface area contributed by atoms with Crippen LogP contribution in [-0.4, -0.2) is 43.2 Å². The molecule has 0 bridgehead atoms. The van der Waals surface area contributed by atoms with Crippen LogP contribution in [0.1, 0.15) is 53.6 Å². The number of benzene rings is 1. The summed E-state index contributed by atoms with van der Waals surface area (Å²) >= 11 is 1.30. The van der Waals surface area contributed by atoms with Crippen molar-refractivity contribution in [2.75, 3.05) is 20.2 Å². The molecule has 7 nitrogen and oxygen atoms in total. The Hall–Kier alpha value is -2.68. The quantitative estimate of drug-likeness (QED) is 0.353. The van der Waals surface area contributed by atoms with E-state index in [0.717, 1.165) is 5.01 Å². The molecule has 0 spiro atoms. The molecule has 0 saturated heterocycles. The van der Waals surface area contributed by atoms with Gasteiger partial charge >= 0.3 is 5.97 Å². The number of carbonyl (C=O) groups is 1. The fraction of sp³-hybridized carbons (Fsp3) is 0.476. The number of thiazole rings is 1. The second-order valence-corrected chi connectivity index (χ2v) is 7.62. The predicted molar refractivity (Wildman–Crippen MR) is 117 cm³/mol. The number of aryl methyl sites for hydroxylation is 1. The first-order chi connectivity index (χ1) is 14.4. The lowest BCUT2D eigenvalue weighted by Crippen LogP contribution is -2.43. The van der Waals surface area contributed by atoms with E-state index in [1.807, 2.05) is 13.8 Å². The fourth-order valence-electron chi connectivity index (χ4n) is 2.65. The molecule has 2 atom stereocenters. The number of ether oxygens (including phenoxy) is 2. The Kier molecular flexibility index (Phi) is 9.04. The van der Waals surface area contributed by atoms with Gasteiger partial charge in [-0.25, -0.2) is 14.2 Å². The predicted octanol–water partition coefficient (Wildman–Crippen LogP) is 3.85. The van der Waals surface area contributed by atoms with Gasteiger partial charge in [0.25, 0.3) is 0 Å². The highest BCUT2D eigenvalue weighted by Crippen LogP contribution is 2.24. The topological polar surface area (TPSA) is 84.8 Å². The molecule has 0 saturated carbocycles. The number of nitrogens with zero attached hydrogens (tertiary/aromatic N) is 2. The summed E-state index contributed by atoms with van der Waals surface area (Å²) in [5.41, 5.74) is 0.648. The maximum absolute atomic E-state index is 13.8. The summed E-state index contributed by atoms with van der Waals surface area (Å²) in [7, 11) is 1.66. The fourth-order valence-corrected chi connectivity index (χ4v) is 3.61. The molecule has 30 heavy (non-hydrogen) atoms. The average Bonchev–Trinajstić information content (AvgIpc) is 3.13. The third-order valence-corrected chi connectivity index (χ3v) is 5.62. The average molecular weight is 437 g/mol. The van der Waals surface area contributed by atoms with E-state index in [-0.39, 0.29) is 29.7 Å². The van der Waals surface area contributed by atoms with Gasteiger partial charge in [-0.15, -0.1) is 11.3 Å². The van der Waals surface area contributed by atoms with Crippen LogP contribution in [0.4, 0.5) is 4.39 Å². The summed E-state index contributed by atoms with van der Waals surface area (Å²) in [5.74, 6) is 0.0454. The van der Waals surface area contributed by atoms with Crippen LogP contribution in [0.5, 0.6) is 5.75 Å². The van der Waals surface area contributed by atoms with Gasteiger partial charge in [0.1, 0.15) is 16.0 Å². The minimum absolute atomic E-state index is 0.171.